The van der Waals surface area contributed by atoms with Crippen molar-refractivity contribution >= 4 is 5.97 Å². The van der Waals surface area contributed by atoms with E-state index in [1.807, 2.05) is 12.2 Å². The number of benzene rings is 1. The number of para-hydroxylation sites is 1. The number of aromatic carboxylic acids is 1. The third kappa shape index (κ3) is 5.28. The molecule has 0 saturated heterocycles. The van der Waals surface area contributed by atoms with Crippen LogP contribution in [0.3, 0.4) is 0 Å². The molecule has 20 heavy (non-hydrogen) atoms. The second kappa shape index (κ2) is 8.93. The molecule has 1 N–H and O–H groups in total. The fraction of sp³-hybridized carbons (Fsp3) is 0.312. The fourth-order valence-corrected chi connectivity index (χ4v) is 1.86. The maximum atomic E-state index is 11.0. The number of nitrogens with zero attached hydrogens (tertiary/aromatic N) is 1. The largest absolute Gasteiger partial charge is 0.493 e. The Morgan fingerprint density at radius 3 is 2.50 bits per heavy atom. The second-order valence-electron chi connectivity index (χ2n) is 4.34. The summed E-state index contributed by atoms with van der Waals surface area (Å²) < 4.78 is 5.55. The first-order valence-corrected chi connectivity index (χ1v) is 6.58. The van der Waals surface area contributed by atoms with E-state index >= 15 is 0 Å². The van der Waals surface area contributed by atoms with E-state index in [1.165, 1.54) is 0 Å². The number of rotatable bonds is 10. The summed E-state index contributed by atoms with van der Waals surface area (Å²) in [4.78, 5) is 13.2. The van der Waals surface area contributed by atoms with Crippen LogP contribution >= 0.6 is 0 Å². The van der Waals surface area contributed by atoms with Gasteiger partial charge in [0.2, 0.25) is 0 Å². The fourth-order valence-electron chi connectivity index (χ4n) is 1.86. The Balaban J connectivity index is 2.42. The molecule has 0 saturated carbocycles. The van der Waals surface area contributed by atoms with Crippen molar-refractivity contribution in [3.63, 3.8) is 0 Å². The number of hydrogen-bond donors (Lipinski definition) is 1. The highest BCUT2D eigenvalue weighted by atomic mass is 16.5. The van der Waals surface area contributed by atoms with Crippen molar-refractivity contribution in [1.29, 1.82) is 0 Å². The van der Waals surface area contributed by atoms with Gasteiger partial charge in [0.25, 0.3) is 0 Å². The van der Waals surface area contributed by atoms with Crippen molar-refractivity contribution in [2.24, 2.45) is 0 Å². The lowest BCUT2D eigenvalue weighted by atomic mass is 10.2. The van der Waals surface area contributed by atoms with Crippen LogP contribution in [0, 0.1) is 0 Å². The van der Waals surface area contributed by atoms with E-state index in [-0.39, 0.29) is 5.56 Å². The zero-order chi connectivity index (χ0) is 14.8. The van der Waals surface area contributed by atoms with Gasteiger partial charge >= 0.3 is 5.97 Å². The minimum atomic E-state index is -0.972. The lowest BCUT2D eigenvalue weighted by molar-refractivity contribution is 0.0692. The number of carboxylic acids is 1. The zero-order valence-corrected chi connectivity index (χ0v) is 11.6. The van der Waals surface area contributed by atoms with Gasteiger partial charge in [-0.1, -0.05) is 24.3 Å². The molecular formula is C16H21NO3. The molecule has 1 rings (SSSR count). The predicted octanol–water partition coefficient (Wildman–Crippen LogP) is 2.83. The van der Waals surface area contributed by atoms with Crippen molar-refractivity contribution in [3.05, 3.63) is 55.1 Å². The number of carboxylic acid groups (broad SMARTS) is 1. The summed E-state index contributed by atoms with van der Waals surface area (Å²) in [7, 11) is 0. The molecule has 1 aromatic rings. The monoisotopic (exact) mass is 275 g/mol. The van der Waals surface area contributed by atoms with Gasteiger partial charge in [0.1, 0.15) is 11.3 Å². The Morgan fingerprint density at radius 1 is 1.25 bits per heavy atom. The van der Waals surface area contributed by atoms with Gasteiger partial charge in [0.15, 0.2) is 0 Å². The molecule has 0 spiro atoms. The van der Waals surface area contributed by atoms with E-state index in [2.05, 4.69) is 18.1 Å². The van der Waals surface area contributed by atoms with Crippen molar-refractivity contribution in [2.45, 2.75) is 6.42 Å². The standard InChI is InChI=1S/C16H21NO3/c1-3-10-17(11-4-2)12-7-13-20-15-9-6-5-8-14(15)16(18)19/h3-6,8-9H,1-2,7,10-13H2,(H,18,19). The Labute approximate surface area is 120 Å². The quantitative estimate of drug-likeness (QED) is 0.527. The molecule has 0 amide bonds. The molecule has 0 aromatic heterocycles. The van der Waals surface area contributed by atoms with Crippen LogP contribution in [0.2, 0.25) is 0 Å². The molecule has 0 radical (unpaired) electrons. The molecule has 0 unspecified atom stereocenters. The summed E-state index contributed by atoms with van der Waals surface area (Å²) in [6, 6.07) is 6.67. The highest BCUT2D eigenvalue weighted by molar-refractivity contribution is 5.90. The van der Waals surface area contributed by atoms with Crippen molar-refractivity contribution in [3.8, 4) is 5.75 Å². The summed E-state index contributed by atoms with van der Waals surface area (Å²) >= 11 is 0. The van der Waals surface area contributed by atoms with Gasteiger partial charge in [0, 0.05) is 19.6 Å². The van der Waals surface area contributed by atoms with Crippen LogP contribution in [0.25, 0.3) is 0 Å². The van der Waals surface area contributed by atoms with E-state index in [1.54, 1.807) is 24.3 Å². The van der Waals surface area contributed by atoms with Crippen LogP contribution in [-0.4, -0.2) is 42.2 Å². The van der Waals surface area contributed by atoms with Gasteiger partial charge in [-0.2, -0.15) is 0 Å². The van der Waals surface area contributed by atoms with Gasteiger partial charge in [0.05, 0.1) is 6.61 Å². The van der Waals surface area contributed by atoms with Crippen molar-refractivity contribution in [1.82, 2.24) is 4.90 Å². The van der Waals surface area contributed by atoms with E-state index in [0.717, 1.165) is 26.1 Å². The second-order valence-corrected chi connectivity index (χ2v) is 4.34. The molecule has 4 heteroatoms. The zero-order valence-electron chi connectivity index (χ0n) is 11.6. The van der Waals surface area contributed by atoms with E-state index < -0.39 is 5.97 Å². The van der Waals surface area contributed by atoms with Crippen LogP contribution in [-0.2, 0) is 0 Å². The Morgan fingerprint density at radius 2 is 1.90 bits per heavy atom. The molecule has 1 aromatic carbocycles. The van der Waals surface area contributed by atoms with Gasteiger partial charge in [-0.25, -0.2) is 4.79 Å². The van der Waals surface area contributed by atoms with Crippen LogP contribution in [0.5, 0.6) is 5.75 Å². The first kappa shape index (κ1) is 16.0. The highest BCUT2D eigenvalue weighted by Gasteiger charge is 2.09. The van der Waals surface area contributed by atoms with Gasteiger partial charge in [-0.3, -0.25) is 4.90 Å². The Hall–Kier alpha value is -2.07. The predicted molar refractivity (Wildman–Crippen MR) is 80.3 cm³/mol. The topological polar surface area (TPSA) is 49.8 Å². The van der Waals surface area contributed by atoms with E-state index in [0.29, 0.717) is 12.4 Å². The molecule has 0 fully saturated rings. The molecule has 0 atom stereocenters. The molecule has 108 valence electrons. The molecule has 0 aliphatic carbocycles. The van der Waals surface area contributed by atoms with Crippen LogP contribution < -0.4 is 4.74 Å². The summed E-state index contributed by atoms with van der Waals surface area (Å²) in [5.74, 6) is -0.556. The number of carbonyl (C=O) groups is 1. The van der Waals surface area contributed by atoms with Gasteiger partial charge < -0.3 is 9.84 Å². The van der Waals surface area contributed by atoms with Gasteiger partial charge in [-0.05, 0) is 18.6 Å². The molecule has 0 bridgehead atoms. The molecule has 4 nitrogen and oxygen atoms in total. The average Bonchev–Trinajstić information content (AvgIpc) is 2.44. The maximum absolute atomic E-state index is 11.0. The molecule has 0 aliphatic rings. The number of hydrogen-bond acceptors (Lipinski definition) is 3. The molecule has 0 heterocycles. The molecular weight excluding hydrogens is 254 g/mol. The number of ether oxygens (including phenoxy) is 1. The van der Waals surface area contributed by atoms with E-state index in [9.17, 15) is 4.79 Å². The summed E-state index contributed by atoms with van der Waals surface area (Å²) in [6.45, 7) is 10.4. The van der Waals surface area contributed by atoms with E-state index in [4.69, 9.17) is 9.84 Å². The van der Waals surface area contributed by atoms with Gasteiger partial charge in [-0.15, -0.1) is 13.2 Å². The van der Waals surface area contributed by atoms with Crippen LogP contribution in [0.4, 0.5) is 0 Å². The maximum Gasteiger partial charge on any atom is 0.339 e. The van der Waals surface area contributed by atoms with Crippen molar-refractivity contribution in [2.75, 3.05) is 26.2 Å². The first-order chi connectivity index (χ1) is 9.69. The van der Waals surface area contributed by atoms with Crippen LogP contribution in [0.1, 0.15) is 16.8 Å². The normalized spacial score (nSPS) is 10.2. The molecule has 0 aliphatic heterocycles. The SMILES string of the molecule is C=CCN(CC=C)CCCOc1ccccc1C(=O)O. The van der Waals surface area contributed by atoms with Crippen LogP contribution in [0.15, 0.2) is 49.6 Å². The lowest BCUT2D eigenvalue weighted by Crippen LogP contribution is -2.26. The summed E-state index contributed by atoms with van der Waals surface area (Å²) in [6.07, 6.45) is 4.52. The smallest absolute Gasteiger partial charge is 0.339 e. The average molecular weight is 275 g/mol. The lowest BCUT2D eigenvalue weighted by Gasteiger charge is -2.18. The first-order valence-electron chi connectivity index (χ1n) is 6.58. The highest BCUT2D eigenvalue weighted by Crippen LogP contribution is 2.17. The minimum Gasteiger partial charge on any atom is -0.493 e. The minimum absolute atomic E-state index is 0.196. The Bertz CT molecular complexity index is 447. The third-order valence-corrected chi connectivity index (χ3v) is 2.77. The summed E-state index contributed by atoms with van der Waals surface area (Å²) in [5, 5.41) is 9.04. The summed E-state index contributed by atoms with van der Waals surface area (Å²) in [5.41, 5.74) is 0.196. The third-order valence-electron chi connectivity index (χ3n) is 2.77. The van der Waals surface area contributed by atoms with Crippen molar-refractivity contribution < 1.29 is 14.6 Å². The Kier molecular flexibility index (Phi) is 7.14.